The molecule has 3 N–H and O–H groups in total. The van der Waals surface area contributed by atoms with E-state index in [9.17, 15) is 9.90 Å². The van der Waals surface area contributed by atoms with E-state index in [1.165, 1.54) is 0 Å². The summed E-state index contributed by atoms with van der Waals surface area (Å²) < 4.78 is 2.18. The van der Waals surface area contributed by atoms with E-state index in [0.29, 0.717) is 0 Å². The number of aliphatic hydroxyl groups excluding tert-OH is 1. The summed E-state index contributed by atoms with van der Waals surface area (Å²) in [5.41, 5.74) is 1.21. The lowest BCUT2D eigenvalue weighted by Gasteiger charge is -2.23. The van der Waals surface area contributed by atoms with Crippen LogP contribution in [0.15, 0.2) is 30.5 Å². The number of hydrogen-bond donors (Lipinski definition) is 3. The molecule has 2 amide bonds. The zero-order valence-corrected chi connectivity index (χ0v) is 12.8. The second kappa shape index (κ2) is 6.18. The van der Waals surface area contributed by atoms with Gasteiger partial charge in [-0.25, -0.2) is 4.79 Å². The van der Waals surface area contributed by atoms with Crippen molar-refractivity contribution >= 4 is 22.6 Å². The van der Waals surface area contributed by atoms with Crippen LogP contribution in [0.25, 0.3) is 10.9 Å². The fourth-order valence-electron chi connectivity index (χ4n) is 2.21. The monoisotopic (exact) mass is 289 g/mol. The van der Waals surface area contributed by atoms with Crippen molar-refractivity contribution < 1.29 is 9.90 Å². The molecule has 1 heterocycles. The van der Waals surface area contributed by atoms with Gasteiger partial charge in [0.05, 0.1) is 17.7 Å². The number of rotatable bonds is 5. The number of carbonyl (C=O) groups excluding carboxylic acids is 1. The molecule has 0 bridgehead atoms. The van der Waals surface area contributed by atoms with E-state index in [4.69, 9.17) is 0 Å². The fourth-order valence-corrected chi connectivity index (χ4v) is 2.21. The maximum absolute atomic E-state index is 11.9. The second-order valence-electron chi connectivity index (χ2n) is 5.90. The largest absolute Gasteiger partial charge is 0.394 e. The van der Waals surface area contributed by atoms with Crippen LogP contribution in [0.5, 0.6) is 0 Å². The molecule has 5 heteroatoms. The van der Waals surface area contributed by atoms with Crippen molar-refractivity contribution in [1.82, 2.24) is 9.88 Å². The van der Waals surface area contributed by atoms with Crippen LogP contribution in [0, 0.1) is 0 Å². The molecule has 0 unspecified atom stereocenters. The van der Waals surface area contributed by atoms with Gasteiger partial charge in [-0.2, -0.15) is 0 Å². The molecule has 1 aromatic heterocycles. The number of anilines is 1. The molecule has 114 valence electrons. The van der Waals surface area contributed by atoms with Crippen molar-refractivity contribution in [3.63, 3.8) is 0 Å². The quantitative estimate of drug-likeness (QED) is 0.792. The number of aliphatic hydroxyl groups is 1. The van der Waals surface area contributed by atoms with Crippen LogP contribution in [-0.4, -0.2) is 27.9 Å². The Labute approximate surface area is 125 Å². The number of amides is 2. The van der Waals surface area contributed by atoms with Crippen molar-refractivity contribution in [2.24, 2.45) is 0 Å². The van der Waals surface area contributed by atoms with E-state index in [2.05, 4.69) is 34.4 Å². The second-order valence-corrected chi connectivity index (χ2v) is 5.90. The first-order valence-electron chi connectivity index (χ1n) is 7.24. The smallest absolute Gasteiger partial charge is 0.319 e. The number of fused-ring (bicyclic) bond motifs is 1. The summed E-state index contributed by atoms with van der Waals surface area (Å²) in [5.74, 6) is 0. The van der Waals surface area contributed by atoms with Crippen LogP contribution in [0.1, 0.15) is 27.2 Å². The molecule has 0 saturated carbocycles. The zero-order valence-electron chi connectivity index (χ0n) is 12.8. The SMILES string of the molecule is CCCn1ccc2ccc(NC(=O)NC(C)(C)CO)cc21. The first kappa shape index (κ1) is 15.4. The minimum atomic E-state index is -0.642. The first-order valence-corrected chi connectivity index (χ1v) is 7.24. The number of urea groups is 1. The average Bonchev–Trinajstić information content (AvgIpc) is 2.81. The molecule has 0 atom stereocenters. The van der Waals surface area contributed by atoms with Crippen LogP contribution in [-0.2, 0) is 6.54 Å². The Hall–Kier alpha value is -2.01. The molecule has 2 rings (SSSR count). The summed E-state index contributed by atoms with van der Waals surface area (Å²) in [7, 11) is 0. The van der Waals surface area contributed by atoms with Crippen molar-refractivity contribution in [3.05, 3.63) is 30.5 Å². The number of benzene rings is 1. The van der Waals surface area contributed by atoms with Gasteiger partial charge < -0.3 is 20.3 Å². The predicted molar refractivity (Wildman–Crippen MR) is 85.5 cm³/mol. The molecule has 0 saturated heterocycles. The van der Waals surface area contributed by atoms with Gasteiger partial charge in [0.25, 0.3) is 0 Å². The van der Waals surface area contributed by atoms with Gasteiger partial charge >= 0.3 is 6.03 Å². The molecule has 5 nitrogen and oxygen atoms in total. The highest BCUT2D eigenvalue weighted by molar-refractivity contribution is 5.93. The molecule has 1 aromatic carbocycles. The Kier molecular flexibility index (Phi) is 4.53. The van der Waals surface area contributed by atoms with E-state index in [-0.39, 0.29) is 12.6 Å². The summed E-state index contributed by atoms with van der Waals surface area (Å²) >= 11 is 0. The topological polar surface area (TPSA) is 66.3 Å². The number of nitrogens with one attached hydrogen (secondary N) is 2. The minimum Gasteiger partial charge on any atom is -0.394 e. The fraction of sp³-hybridized carbons (Fsp3) is 0.438. The van der Waals surface area contributed by atoms with Crippen LogP contribution in [0.2, 0.25) is 0 Å². The Morgan fingerprint density at radius 1 is 1.33 bits per heavy atom. The molecule has 0 aliphatic carbocycles. The average molecular weight is 289 g/mol. The predicted octanol–water partition coefficient (Wildman–Crippen LogP) is 2.94. The third kappa shape index (κ3) is 3.76. The van der Waals surface area contributed by atoms with Gasteiger partial charge in [0, 0.05) is 18.4 Å². The molecule has 0 aliphatic rings. The Morgan fingerprint density at radius 3 is 2.76 bits per heavy atom. The Balaban J connectivity index is 2.15. The Bertz CT molecular complexity index is 631. The van der Waals surface area contributed by atoms with Crippen LogP contribution in [0.3, 0.4) is 0 Å². The molecule has 0 spiro atoms. The highest BCUT2D eigenvalue weighted by atomic mass is 16.3. The number of hydrogen-bond acceptors (Lipinski definition) is 2. The Morgan fingerprint density at radius 2 is 2.10 bits per heavy atom. The summed E-state index contributed by atoms with van der Waals surface area (Å²) in [6, 6.07) is 7.60. The van der Waals surface area contributed by atoms with E-state index < -0.39 is 5.54 Å². The summed E-state index contributed by atoms with van der Waals surface area (Å²) in [6.45, 7) is 6.51. The van der Waals surface area contributed by atoms with E-state index in [1.54, 1.807) is 13.8 Å². The van der Waals surface area contributed by atoms with Gasteiger partial charge in [-0.1, -0.05) is 13.0 Å². The number of aryl methyl sites for hydroxylation is 1. The molecular weight excluding hydrogens is 266 g/mol. The normalized spacial score (nSPS) is 11.6. The summed E-state index contributed by atoms with van der Waals surface area (Å²) in [6.07, 6.45) is 3.12. The van der Waals surface area contributed by atoms with Gasteiger partial charge in [0.2, 0.25) is 0 Å². The van der Waals surface area contributed by atoms with Crippen molar-refractivity contribution in [1.29, 1.82) is 0 Å². The van der Waals surface area contributed by atoms with E-state index in [0.717, 1.165) is 29.6 Å². The highest BCUT2D eigenvalue weighted by Crippen LogP contribution is 2.21. The maximum atomic E-state index is 11.9. The number of nitrogens with zero attached hydrogens (tertiary/aromatic N) is 1. The lowest BCUT2D eigenvalue weighted by molar-refractivity contribution is 0.187. The number of carbonyl (C=O) groups is 1. The van der Waals surface area contributed by atoms with E-state index in [1.807, 2.05) is 18.2 Å². The molecule has 2 aromatic rings. The minimum absolute atomic E-state index is 0.112. The summed E-state index contributed by atoms with van der Waals surface area (Å²) in [5, 5.41) is 15.9. The maximum Gasteiger partial charge on any atom is 0.319 e. The van der Waals surface area contributed by atoms with Crippen LogP contribution < -0.4 is 10.6 Å². The van der Waals surface area contributed by atoms with Gasteiger partial charge in [0.15, 0.2) is 0 Å². The van der Waals surface area contributed by atoms with Crippen LogP contribution >= 0.6 is 0 Å². The molecular formula is C16H23N3O2. The highest BCUT2D eigenvalue weighted by Gasteiger charge is 2.19. The van der Waals surface area contributed by atoms with Gasteiger partial charge in [-0.15, -0.1) is 0 Å². The standard InChI is InChI=1S/C16H23N3O2/c1-4-8-19-9-7-12-5-6-13(10-14(12)19)17-15(21)18-16(2,3)11-20/h5-7,9-10,20H,4,8,11H2,1-3H3,(H2,17,18,21). The van der Waals surface area contributed by atoms with Gasteiger partial charge in [-0.05, 0) is 43.9 Å². The summed E-state index contributed by atoms with van der Waals surface area (Å²) in [4.78, 5) is 11.9. The first-order chi connectivity index (χ1) is 9.95. The molecule has 21 heavy (non-hydrogen) atoms. The lowest BCUT2D eigenvalue weighted by atomic mass is 10.1. The number of aromatic nitrogens is 1. The molecule has 0 aliphatic heterocycles. The third-order valence-electron chi connectivity index (χ3n) is 3.34. The zero-order chi connectivity index (χ0) is 15.5. The third-order valence-corrected chi connectivity index (χ3v) is 3.34. The van der Waals surface area contributed by atoms with Crippen LogP contribution in [0.4, 0.5) is 10.5 Å². The van der Waals surface area contributed by atoms with Crippen molar-refractivity contribution in [2.45, 2.75) is 39.3 Å². The van der Waals surface area contributed by atoms with E-state index >= 15 is 0 Å². The molecule has 0 fully saturated rings. The van der Waals surface area contributed by atoms with Crippen molar-refractivity contribution in [2.75, 3.05) is 11.9 Å². The van der Waals surface area contributed by atoms with Gasteiger partial charge in [-0.3, -0.25) is 0 Å². The lowest BCUT2D eigenvalue weighted by Crippen LogP contribution is -2.48. The van der Waals surface area contributed by atoms with Crippen molar-refractivity contribution in [3.8, 4) is 0 Å². The van der Waals surface area contributed by atoms with Gasteiger partial charge in [0.1, 0.15) is 0 Å². The molecule has 0 radical (unpaired) electrons.